The van der Waals surface area contributed by atoms with Crippen LogP contribution >= 0.6 is 0 Å². The first-order chi connectivity index (χ1) is 16.2. The predicted molar refractivity (Wildman–Crippen MR) is 124 cm³/mol. The zero-order valence-electron chi connectivity index (χ0n) is 17.8. The van der Waals surface area contributed by atoms with Crippen LogP contribution in [0.25, 0.3) is 0 Å². The average molecular weight is 435 g/mol. The van der Waals surface area contributed by atoms with E-state index in [1.54, 1.807) is 0 Å². The number of hydrogen-bond acceptors (Lipinski definition) is 4. The minimum absolute atomic E-state index is 0.109. The lowest BCUT2D eigenvalue weighted by atomic mass is 10.1. The van der Waals surface area contributed by atoms with Crippen molar-refractivity contribution < 1.29 is 19.1 Å². The average Bonchev–Trinajstić information content (AvgIpc) is 3.30. The van der Waals surface area contributed by atoms with E-state index in [1.807, 2.05) is 91.0 Å². The van der Waals surface area contributed by atoms with Crippen molar-refractivity contribution in [2.24, 2.45) is 0 Å². The van der Waals surface area contributed by atoms with E-state index in [-0.39, 0.29) is 30.0 Å². The number of esters is 2. The van der Waals surface area contributed by atoms with E-state index in [9.17, 15) is 9.59 Å². The maximum Gasteiger partial charge on any atom is 0.356 e. The standard InChI is InChI=1S/C28H21NO4/c30-27(32-19-22-12-6-2-7-13-22)25-18-29-26(24(25)17-16-21-10-4-1-5-11-21)28(31)33-20-23-14-8-3-9-15-23/h1-15,18,29H,19-20H2. The summed E-state index contributed by atoms with van der Waals surface area (Å²) in [5.74, 6) is 4.78. The number of carbonyl (C=O) groups excluding carboxylic acids is 2. The van der Waals surface area contributed by atoms with Crippen molar-refractivity contribution in [3.8, 4) is 11.8 Å². The van der Waals surface area contributed by atoms with Gasteiger partial charge in [0.2, 0.25) is 0 Å². The number of hydrogen-bond donors (Lipinski definition) is 1. The molecule has 0 bridgehead atoms. The van der Waals surface area contributed by atoms with Crippen molar-refractivity contribution in [2.45, 2.75) is 13.2 Å². The molecule has 162 valence electrons. The van der Waals surface area contributed by atoms with Crippen molar-refractivity contribution in [1.82, 2.24) is 4.98 Å². The highest BCUT2D eigenvalue weighted by atomic mass is 16.5. The fourth-order valence-electron chi connectivity index (χ4n) is 3.13. The zero-order chi connectivity index (χ0) is 22.9. The molecular weight excluding hydrogens is 414 g/mol. The van der Waals surface area contributed by atoms with Crippen LogP contribution in [0.4, 0.5) is 0 Å². The van der Waals surface area contributed by atoms with Gasteiger partial charge in [0.15, 0.2) is 0 Å². The van der Waals surface area contributed by atoms with Crippen molar-refractivity contribution in [2.75, 3.05) is 0 Å². The van der Waals surface area contributed by atoms with Gasteiger partial charge in [0.1, 0.15) is 18.9 Å². The van der Waals surface area contributed by atoms with Crippen LogP contribution in [0.1, 0.15) is 43.1 Å². The fourth-order valence-corrected chi connectivity index (χ4v) is 3.13. The number of aromatic nitrogens is 1. The highest BCUT2D eigenvalue weighted by Gasteiger charge is 2.23. The molecule has 4 rings (SSSR count). The van der Waals surface area contributed by atoms with Crippen molar-refractivity contribution in [3.05, 3.63) is 131 Å². The Morgan fingerprint density at radius 3 is 1.76 bits per heavy atom. The van der Waals surface area contributed by atoms with Gasteiger partial charge >= 0.3 is 11.9 Å². The minimum atomic E-state index is -0.599. The molecule has 0 radical (unpaired) electrons. The highest BCUT2D eigenvalue weighted by molar-refractivity contribution is 5.99. The summed E-state index contributed by atoms with van der Waals surface area (Å²) in [5.41, 5.74) is 3.01. The van der Waals surface area contributed by atoms with Crippen LogP contribution in [0.3, 0.4) is 0 Å². The van der Waals surface area contributed by atoms with Gasteiger partial charge in [-0.2, -0.15) is 0 Å². The Kier molecular flexibility index (Phi) is 6.99. The smallest absolute Gasteiger partial charge is 0.356 e. The molecule has 1 heterocycles. The van der Waals surface area contributed by atoms with E-state index in [1.165, 1.54) is 6.20 Å². The Balaban J connectivity index is 1.58. The topological polar surface area (TPSA) is 68.4 Å². The largest absolute Gasteiger partial charge is 0.457 e. The molecular formula is C28H21NO4. The quantitative estimate of drug-likeness (QED) is 0.337. The Labute approximate surface area is 192 Å². The number of carbonyl (C=O) groups is 2. The molecule has 0 aliphatic rings. The lowest BCUT2D eigenvalue weighted by Crippen LogP contribution is -2.10. The Bertz CT molecular complexity index is 1210. The fraction of sp³-hybridized carbons (Fsp3) is 0.0714. The van der Waals surface area contributed by atoms with E-state index < -0.39 is 11.9 Å². The molecule has 33 heavy (non-hydrogen) atoms. The molecule has 1 N–H and O–H groups in total. The Hall–Kier alpha value is -4.56. The summed E-state index contributed by atoms with van der Waals surface area (Å²) in [6.07, 6.45) is 1.43. The molecule has 4 aromatic rings. The van der Waals surface area contributed by atoms with E-state index in [0.29, 0.717) is 0 Å². The maximum absolute atomic E-state index is 12.8. The van der Waals surface area contributed by atoms with Crippen LogP contribution in [-0.4, -0.2) is 16.9 Å². The second kappa shape index (κ2) is 10.7. The van der Waals surface area contributed by atoms with Crippen molar-refractivity contribution in [3.63, 3.8) is 0 Å². The van der Waals surface area contributed by atoms with Gasteiger partial charge in [-0.25, -0.2) is 9.59 Å². The van der Waals surface area contributed by atoms with E-state index in [2.05, 4.69) is 16.8 Å². The van der Waals surface area contributed by atoms with Gasteiger partial charge in [0.05, 0.1) is 11.1 Å². The summed E-state index contributed by atoms with van der Waals surface area (Å²) in [7, 11) is 0. The summed E-state index contributed by atoms with van der Waals surface area (Å²) in [6.45, 7) is 0.224. The lowest BCUT2D eigenvalue weighted by molar-refractivity contribution is 0.0465. The SMILES string of the molecule is O=C(OCc1ccccc1)c1c[nH]c(C(=O)OCc2ccccc2)c1C#Cc1ccccc1. The third kappa shape index (κ3) is 5.78. The third-order valence-corrected chi connectivity index (χ3v) is 4.84. The monoisotopic (exact) mass is 435 g/mol. The summed E-state index contributed by atoms with van der Waals surface area (Å²) < 4.78 is 10.9. The minimum Gasteiger partial charge on any atom is -0.457 e. The van der Waals surface area contributed by atoms with Gasteiger partial charge in [-0.3, -0.25) is 0 Å². The summed E-state index contributed by atoms with van der Waals surface area (Å²) in [4.78, 5) is 28.4. The van der Waals surface area contributed by atoms with Crippen LogP contribution < -0.4 is 0 Å². The number of aromatic amines is 1. The summed E-state index contributed by atoms with van der Waals surface area (Å²) in [6, 6.07) is 28.0. The zero-order valence-corrected chi connectivity index (χ0v) is 17.8. The summed E-state index contributed by atoms with van der Waals surface area (Å²) >= 11 is 0. The normalized spacial score (nSPS) is 10.1. The number of rotatable bonds is 6. The summed E-state index contributed by atoms with van der Waals surface area (Å²) in [5, 5.41) is 0. The third-order valence-electron chi connectivity index (χ3n) is 4.84. The molecule has 3 aromatic carbocycles. The molecule has 0 aliphatic carbocycles. The molecule has 0 atom stereocenters. The first-order valence-electron chi connectivity index (χ1n) is 10.4. The van der Waals surface area contributed by atoms with Gasteiger partial charge in [0.25, 0.3) is 0 Å². The van der Waals surface area contributed by atoms with E-state index in [0.717, 1.165) is 16.7 Å². The molecule has 5 heteroatoms. The molecule has 1 aromatic heterocycles. The first-order valence-corrected chi connectivity index (χ1v) is 10.4. The predicted octanol–water partition coefficient (Wildman–Crippen LogP) is 5.13. The highest BCUT2D eigenvalue weighted by Crippen LogP contribution is 2.18. The van der Waals surface area contributed by atoms with Crippen LogP contribution in [0.5, 0.6) is 0 Å². The van der Waals surface area contributed by atoms with E-state index in [4.69, 9.17) is 9.47 Å². The molecule has 0 amide bonds. The van der Waals surface area contributed by atoms with Gasteiger partial charge < -0.3 is 14.5 Å². The Morgan fingerprint density at radius 2 is 1.18 bits per heavy atom. The second-order valence-corrected chi connectivity index (χ2v) is 7.19. The van der Waals surface area contributed by atoms with Crippen LogP contribution in [0.2, 0.25) is 0 Å². The van der Waals surface area contributed by atoms with Crippen LogP contribution in [0.15, 0.2) is 97.2 Å². The lowest BCUT2D eigenvalue weighted by Gasteiger charge is -2.06. The molecule has 0 spiro atoms. The van der Waals surface area contributed by atoms with Gasteiger partial charge in [-0.1, -0.05) is 90.7 Å². The van der Waals surface area contributed by atoms with Crippen molar-refractivity contribution in [1.29, 1.82) is 0 Å². The van der Waals surface area contributed by atoms with Crippen LogP contribution in [0, 0.1) is 11.8 Å². The number of benzene rings is 3. The Morgan fingerprint density at radius 1 is 0.667 bits per heavy atom. The molecule has 0 saturated heterocycles. The van der Waals surface area contributed by atoms with Crippen molar-refractivity contribution >= 4 is 11.9 Å². The molecule has 5 nitrogen and oxygen atoms in total. The van der Waals surface area contributed by atoms with Gasteiger partial charge in [-0.05, 0) is 23.3 Å². The second-order valence-electron chi connectivity index (χ2n) is 7.19. The molecule has 0 unspecified atom stereocenters. The maximum atomic E-state index is 12.8. The first kappa shape index (κ1) is 21.7. The number of nitrogens with one attached hydrogen (secondary N) is 1. The van der Waals surface area contributed by atoms with Crippen LogP contribution in [-0.2, 0) is 22.7 Å². The molecule has 0 fully saturated rings. The molecule has 0 saturated carbocycles. The molecule has 0 aliphatic heterocycles. The number of H-pyrrole nitrogens is 1. The van der Waals surface area contributed by atoms with E-state index >= 15 is 0 Å². The number of ether oxygens (including phenoxy) is 2. The van der Waals surface area contributed by atoms with Gasteiger partial charge in [-0.15, -0.1) is 0 Å². The van der Waals surface area contributed by atoms with Gasteiger partial charge in [0, 0.05) is 11.8 Å².